The van der Waals surface area contributed by atoms with E-state index >= 15 is 0 Å². The summed E-state index contributed by atoms with van der Waals surface area (Å²) in [7, 11) is 1.72. The lowest BCUT2D eigenvalue weighted by Crippen LogP contribution is -2.47. The smallest absolute Gasteiger partial charge is 0.286 e. The molecule has 0 aliphatic carbocycles. The molecule has 0 aliphatic heterocycles. The number of aryl methyl sites for hydroxylation is 1. The first kappa shape index (κ1) is 17.2. The number of hydrazine groups is 1. The molecule has 116 valence electrons. The van der Waals surface area contributed by atoms with Gasteiger partial charge in [-0.2, -0.15) is 0 Å². The van der Waals surface area contributed by atoms with Crippen molar-refractivity contribution in [3.05, 3.63) is 22.4 Å². The zero-order chi connectivity index (χ0) is 16.0. The number of hydrogen-bond acceptors (Lipinski definition) is 3. The highest BCUT2D eigenvalue weighted by Gasteiger charge is 2.14. The Hall–Kier alpha value is -1.83. The van der Waals surface area contributed by atoms with Gasteiger partial charge in [0, 0.05) is 23.6 Å². The lowest BCUT2D eigenvalue weighted by Gasteiger charge is -2.11. The van der Waals surface area contributed by atoms with Crippen LogP contribution in [0, 0.1) is 5.92 Å². The first-order chi connectivity index (χ1) is 9.85. The molecule has 0 aliphatic rings. The highest BCUT2D eigenvalue weighted by atomic mass is 79.9. The van der Waals surface area contributed by atoms with E-state index in [1.165, 1.54) is 0 Å². The fourth-order valence-electron chi connectivity index (χ4n) is 1.51. The molecule has 0 bridgehead atoms. The van der Waals surface area contributed by atoms with Crippen LogP contribution in [-0.2, 0) is 16.6 Å². The number of hydrogen-bond donors (Lipinski definition) is 3. The SMILES string of the molecule is CC[C@H](C)C(=O)NCC(=O)NNC(=O)c1cc(Br)cn1C. The van der Waals surface area contributed by atoms with E-state index in [1.54, 1.807) is 30.8 Å². The molecule has 1 aromatic rings. The third-order valence-corrected chi connectivity index (χ3v) is 3.44. The number of carbonyl (C=O) groups excluding carboxylic acids is 3. The van der Waals surface area contributed by atoms with E-state index in [-0.39, 0.29) is 18.4 Å². The van der Waals surface area contributed by atoms with Gasteiger partial charge in [0.25, 0.3) is 11.8 Å². The molecule has 0 saturated heterocycles. The molecular weight excluding hydrogens is 340 g/mol. The minimum Gasteiger partial charge on any atom is -0.347 e. The largest absolute Gasteiger partial charge is 0.347 e. The molecule has 0 radical (unpaired) electrons. The van der Waals surface area contributed by atoms with Crippen LogP contribution in [0.15, 0.2) is 16.7 Å². The number of carbonyl (C=O) groups is 3. The van der Waals surface area contributed by atoms with E-state index in [0.29, 0.717) is 12.1 Å². The van der Waals surface area contributed by atoms with E-state index in [2.05, 4.69) is 32.1 Å². The van der Waals surface area contributed by atoms with E-state index < -0.39 is 11.8 Å². The Balaban J connectivity index is 2.38. The summed E-state index contributed by atoms with van der Waals surface area (Å²) in [5, 5.41) is 2.50. The van der Waals surface area contributed by atoms with Crippen LogP contribution in [0.1, 0.15) is 30.8 Å². The van der Waals surface area contributed by atoms with E-state index in [4.69, 9.17) is 0 Å². The van der Waals surface area contributed by atoms with Gasteiger partial charge in [0.15, 0.2) is 0 Å². The predicted octanol–water partition coefficient (Wildman–Crippen LogP) is 0.711. The number of amides is 3. The quantitative estimate of drug-likeness (QED) is 0.676. The van der Waals surface area contributed by atoms with Crippen molar-refractivity contribution in [1.29, 1.82) is 0 Å². The van der Waals surface area contributed by atoms with Crippen molar-refractivity contribution in [1.82, 2.24) is 20.7 Å². The lowest BCUT2D eigenvalue weighted by atomic mass is 10.1. The van der Waals surface area contributed by atoms with Crippen molar-refractivity contribution in [2.24, 2.45) is 13.0 Å². The van der Waals surface area contributed by atoms with Gasteiger partial charge in [-0.3, -0.25) is 25.2 Å². The maximum absolute atomic E-state index is 11.8. The lowest BCUT2D eigenvalue weighted by molar-refractivity contribution is -0.128. The molecule has 0 fully saturated rings. The second-order valence-electron chi connectivity index (χ2n) is 4.68. The van der Waals surface area contributed by atoms with Crippen LogP contribution in [0.4, 0.5) is 0 Å². The molecule has 1 rings (SSSR count). The maximum atomic E-state index is 11.8. The average Bonchev–Trinajstić information content (AvgIpc) is 2.79. The molecule has 0 aromatic carbocycles. The molecule has 21 heavy (non-hydrogen) atoms. The van der Waals surface area contributed by atoms with Gasteiger partial charge >= 0.3 is 0 Å². The minimum atomic E-state index is -0.492. The Morgan fingerprint density at radius 3 is 2.52 bits per heavy atom. The first-order valence-electron chi connectivity index (χ1n) is 6.53. The molecule has 3 N–H and O–H groups in total. The van der Waals surface area contributed by atoms with Crippen LogP contribution >= 0.6 is 15.9 Å². The fourth-order valence-corrected chi connectivity index (χ4v) is 2.04. The monoisotopic (exact) mass is 358 g/mol. The Morgan fingerprint density at radius 1 is 1.33 bits per heavy atom. The summed E-state index contributed by atoms with van der Waals surface area (Å²) in [6, 6.07) is 1.63. The molecule has 3 amide bonds. The van der Waals surface area contributed by atoms with Gasteiger partial charge in [-0.15, -0.1) is 0 Å². The first-order valence-corrected chi connectivity index (χ1v) is 7.33. The number of aromatic nitrogens is 1. The van der Waals surface area contributed by atoms with Crippen LogP contribution in [-0.4, -0.2) is 28.8 Å². The van der Waals surface area contributed by atoms with Crippen molar-refractivity contribution >= 4 is 33.7 Å². The van der Waals surface area contributed by atoms with Gasteiger partial charge in [-0.05, 0) is 28.4 Å². The summed E-state index contributed by atoms with van der Waals surface area (Å²) < 4.78 is 2.39. The topological polar surface area (TPSA) is 92.2 Å². The van der Waals surface area contributed by atoms with Crippen LogP contribution in [0.3, 0.4) is 0 Å². The van der Waals surface area contributed by atoms with Crippen LogP contribution in [0.2, 0.25) is 0 Å². The molecule has 0 saturated carbocycles. The predicted molar refractivity (Wildman–Crippen MR) is 81.2 cm³/mol. The molecule has 7 nitrogen and oxygen atoms in total. The molecule has 8 heteroatoms. The van der Waals surface area contributed by atoms with Crippen molar-refractivity contribution in [2.75, 3.05) is 6.54 Å². The third-order valence-electron chi connectivity index (χ3n) is 3.00. The summed E-state index contributed by atoms with van der Waals surface area (Å²) >= 11 is 3.26. The summed E-state index contributed by atoms with van der Waals surface area (Å²) in [4.78, 5) is 34.8. The zero-order valence-corrected chi connectivity index (χ0v) is 13.8. The van der Waals surface area contributed by atoms with Gasteiger partial charge in [0.2, 0.25) is 5.91 Å². The maximum Gasteiger partial charge on any atom is 0.286 e. The highest BCUT2D eigenvalue weighted by Crippen LogP contribution is 2.13. The Kier molecular flexibility index (Phi) is 6.41. The van der Waals surface area contributed by atoms with E-state index in [9.17, 15) is 14.4 Å². The summed E-state index contributed by atoms with van der Waals surface area (Å²) in [6.07, 6.45) is 2.43. The normalized spacial score (nSPS) is 11.6. The van der Waals surface area contributed by atoms with Crippen molar-refractivity contribution in [3.8, 4) is 0 Å². The average molecular weight is 359 g/mol. The van der Waals surface area contributed by atoms with Gasteiger partial charge in [-0.25, -0.2) is 0 Å². The van der Waals surface area contributed by atoms with Crippen LogP contribution in [0.25, 0.3) is 0 Å². The number of halogens is 1. The molecule has 1 atom stereocenters. The van der Waals surface area contributed by atoms with Gasteiger partial charge in [-0.1, -0.05) is 13.8 Å². The molecule has 1 aromatic heterocycles. The second kappa shape index (κ2) is 7.82. The standard InChI is InChI=1S/C13H19BrN4O3/c1-4-8(2)12(20)15-6-11(19)16-17-13(21)10-5-9(14)7-18(10)3/h5,7-8H,4,6H2,1-3H3,(H,15,20)(H,16,19)(H,17,21)/t8-/m0/s1. The highest BCUT2D eigenvalue weighted by molar-refractivity contribution is 9.10. The molecular formula is C13H19BrN4O3. The second-order valence-corrected chi connectivity index (χ2v) is 5.60. The van der Waals surface area contributed by atoms with Crippen molar-refractivity contribution in [2.45, 2.75) is 20.3 Å². The minimum absolute atomic E-state index is 0.145. The fraction of sp³-hybridized carbons (Fsp3) is 0.462. The van der Waals surface area contributed by atoms with Crippen LogP contribution < -0.4 is 16.2 Å². The van der Waals surface area contributed by atoms with Gasteiger partial charge in [0.1, 0.15) is 5.69 Å². The molecule has 0 spiro atoms. The number of rotatable bonds is 5. The van der Waals surface area contributed by atoms with E-state index in [1.807, 2.05) is 6.92 Å². The number of nitrogens with zero attached hydrogens (tertiary/aromatic N) is 1. The summed E-state index contributed by atoms with van der Waals surface area (Å²) in [6.45, 7) is 3.49. The van der Waals surface area contributed by atoms with Crippen LogP contribution in [0.5, 0.6) is 0 Å². The molecule has 1 heterocycles. The molecule has 0 unspecified atom stereocenters. The Morgan fingerprint density at radius 2 is 2.00 bits per heavy atom. The Bertz CT molecular complexity index is 542. The van der Waals surface area contributed by atoms with Gasteiger partial charge in [0.05, 0.1) is 6.54 Å². The van der Waals surface area contributed by atoms with E-state index in [0.717, 1.165) is 4.47 Å². The third kappa shape index (κ3) is 5.22. The summed E-state index contributed by atoms with van der Waals surface area (Å²) in [5.41, 5.74) is 4.93. The Labute approximate surface area is 131 Å². The van der Waals surface area contributed by atoms with Gasteiger partial charge < -0.3 is 9.88 Å². The van der Waals surface area contributed by atoms with Crippen molar-refractivity contribution < 1.29 is 14.4 Å². The van der Waals surface area contributed by atoms with Crippen molar-refractivity contribution in [3.63, 3.8) is 0 Å². The zero-order valence-electron chi connectivity index (χ0n) is 12.2. The summed E-state index contributed by atoms with van der Waals surface area (Å²) in [5.74, 6) is -1.27. The number of nitrogens with one attached hydrogen (secondary N) is 3.